The van der Waals surface area contributed by atoms with E-state index in [-0.39, 0.29) is 83.3 Å². The van der Waals surface area contributed by atoms with Gasteiger partial charge in [-0.05, 0) is 49.9 Å². The van der Waals surface area contributed by atoms with Crippen LogP contribution in [0, 0.1) is 5.82 Å². The van der Waals surface area contributed by atoms with E-state index >= 15 is 13.2 Å². The van der Waals surface area contributed by atoms with Crippen molar-refractivity contribution in [3.05, 3.63) is 59.0 Å². The number of methoxy groups -OCH3 is 1. The molecule has 2 aromatic carbocycles. The molecular formula is C45H50F3N11O8. The largest absolute Gasteiger partial charge is 0.495 e. The zero-order valence-corrected chi connectivity index (χ0v) is 37.0. The molecule has 3 saturated heterocycles. The van der Waals surface area contributed by atoms with E-state index < -0.39 is 65.8 Å². The molecule has 5 aliphatic heterocycles. The third-order valence-corrected chi connectivity index (χ3v) is 13.6. The minimum absolute atomic E-state index is 0.0387. The summed E-state index contributed by atoms with van der Waals surface area (Å²) in [5.41, 5.74) is 1.08. The van der Waals surface area contributed by atoms with Gasteiger partial charge >= 0.3 is 5.92 Å². The van der Waals surface area contributed by atoms with Crippen molar-refractivity contribution < 1.29 is 51.5 Å². The van der Waals surface area contributed by atoms with E-state index in [4.69, 9.17) is 4.74 Å². The van der Waals surface area contributed by atoms with E-state index in [0.29, 0.717) is 58.5 Å². The van der Waals surface area contributed by atoms with Gasteiger partial charge in [-0.25, -0.2) is 9.37 Å². The fourth-order valence-electron chi connectivity index (χ4n) is 9.88. The molecule has 3 N–H and O–H groups in total. The number of piperidine rings is 1. The summed E-state index contributed by atoms with van der Waals surface area (Å²) in [6.45, 7) is 2.81. The monoisotopic (exact) mass is 929 g/mol. The molecule has 3 aromatic rings. The van der Waals surface area contributed by atoms with Gasteiger partial charge in [0.15, 0.2) is 5.82 Å². The van der Waals surface area contributed by atoms with Crippen molar-refractivity contribution in [3.63, 3.8) is 0 Å². The number of aromatic nitrogens is 2. The minimum Gasteiger partial charge on any atom is -0.495 e. The molecule has 2 atom stereocenters. The van der Waals surface area contributed by atoms with Gasteiger partial charge in [-0.15, -0.1) is 0 Å². The number of nitrogens with one attached hydrogen (secondary N) is 3. The minimum atomic E-state index is -3.65. The van der Waals surface area contributed by atoms with Crippen molar-refractivity contribution in [1.29, 1.82) is 0 Å². The zero-order chi connectivity index (χ0) is 47.3. The Morgan fingerprint density at radius 3 is 2.42 bits per heavy atom. The van der Waals surface area contributed by atoms with Gasteiger partial charge in [0, 0.05) is 89.5 Å². The molecule has 7 amide bonds. The highest BCUT2D eigenvalue weighted by Crippen LogP contribution is 2.40. The molecule has 1 aliphatic carbocycles. The zero-order valence-electron chi connectivity index (χ0n) is 37.0. The van der Waals surface area contributed by atoms with Crippen LogP contribution in [-0.4, -0.2) is 157 Å². The number of ether oxygens (including phenoxy) is 1. The summed E-state index contributed by atoms with van der Waals surface area (Å²) in [4.78, 5) is 108. The second-order valence-electron chi connectivity index (χ2n) is 17.7. The lowest BCUT2D eigenvalue weighted by Gasteiger charge is -2.36. The number of carbonyl (C=O) groups is 7. The van der Waals surface area contributed by atoms with Crippen LogP contribution >= 0.6 is 0 Å². The Bertz CT molecular complexity index is 2550. The first kappa shape index (κ1) is 45.3. The van der Waals surface area contributed by atoms with Gasteiger partial charge in [0.2, 0.25) is 23.7 Å². The molecule has 19 nitrogen and oxygen atoms in total. The number of carbonyl (C=O) groups excluding carboxylic acids is 7. The van der Waals surface area contributed by atoms with Crippen molar-refractivity contribution in [2.24, 2.45) is 0 Å². The molecule has 22 heteroatoms. The van der Waals surface area contributed by atoms with Crippen LogP contribution in [0.3, 0.4) is 0 Å². The van der Waals surface area contributed by atoms with Crippen LogP contribution in [0.15, 0.2) is 36.5 Å². The van der Waals surface area contributed by atoms with Gasteiger partial charge in [0.1, 0.15) is 23.3 Å². The number of imide groups is 2. The number of hydrogen-bond donors (Lipinski definition) is 3. The quantitative estimate of drug-likeness (QED) is 0.236. The third kappa shape index (κ3) is 8.81. The van der Waals surface area contributed by atoms with Gasteiger partial charge in [-0.3, -0.25) is 48.7 Å². The number of hydrogen-bond acceptors (Lipinski definition) is 14. The average Bonchev–Trinajstić information content (AvgIpc) is 4.07. The summed E-state index contributed by atoms with van der Waals surface area (Å²) in [7, 11) is 2.59. The smallest absolute Gasteiger partial charge is 0.342 e. The van der Waals surface area contributed by atoms with E-state index in [1.54, 1.807) is 23.1 Å². The Labute approximate surface area is 382 Å². The van der Waals surface area contributed by atoms with Crippen LogP contribution in [0.25, 0.3) is 0 Å². The lowest BCUT2D eigenvalue weighted by Crippen LogP contribution is -2.54. The van der Waals surface area contributed by atoms with Crippen molar-refractivity contribution in [3.8, 4) is 5.75 Å². The molecular weight excluding hydrogens is 880 g/mol. The summed E-state index contributed by atoms with van der Waals surface area (Å²) in [5, 5.41) is 7.93. The van der Waals surface area contributed by atoms with Crippen molar-refractivity contribution in [1.82, 2.24) is 35.3 Å². The van der Waals surface area contributed by atoms with Crippen molar-refractivity contribution in [2.75, 3.05) is 86.5 Å². The lowest BCUT2D eigenvalue weighted by molar-refractivity contribution is -0.140. The van der Waals surface area contributed by atoms with Crippen LogP contribution in [0.4, 0.5) is 42.0 Å². The van der Waals surface area contributed by atoms with E-state index in [2.05, 4.69) is 35.7 Å². The maximum absolute atomic E-state index is 15.7. The molecule has 1 saturated carbocycles. The summed E-state index contributed by atoms with van der Waals surface area (Å²) in [6.07, 6.45) is 5.13. The number of anilines is 5. The highest BCUT2D eigenvalue weighted by Gasteiger charge is 2.49. The Balaban J connectivity index is 0.763. The van der Waals surface area contributed by atoms with Gasteiger partial charge in [-0.2, -0.15) is 13.8 Å². The fraction of sp³-hybridized carbons (Fsp3) is 0.489. The number of alkyl halides is 2. The van der Waals surface area contributed by atoms with E-state index in [0.717, 1.165) is 34.4 Å². The standard InChI is InChI=1S/C45H50F3N11O8/c1-54-34-22-49-44(53-38(34)58(26-5-3-4-6-26)24-45(47,48)43(54)66)51-32-21-31(46)30(20-35(32)67-2)39(62)50-25-11-14-57(23-25)37(61)12-13-55-15-17-56(18-16-55)27-7-8-28-29(19-27)42(65)59(41(28)64)33-9-10-36(60)52-40(33)63/h7-8,19-22,25-26,33H,3-6,9-18,23-24H2,1-2H3,(H,50,62)(H,49,51,53)(H,52,60,63)/t25-,33?/m0/s1. The SMILES string of the molecule is COc1cc(C(=O)N[C@H]2CCN(C(=O)CCN3CCN(c4ccc5c(c4)C(=O)N(C4CCC(=O)NC4=O)C5=O)CC3)C2)c(F)cc1Nc1ncc2c(n1)N(C1CCCC1)CC(F)(F)C(=O)N2C. The van der Waals surface area contributed by atoms with E-state index in [1.807, 2.05) is 0 Å². The Kier molecular flexibility index (Phi) is 12.2. The van der Waals surface area contributed by atoms with Crippen LogP contribution in [0.5, 0.6) is 5.75 Å². The number of amides is 7. The Morgan fingerprint density at radius 2 is 1.69 bits per heavy atom. The highest BCUT2D eigenvalue weighted by atomic mass is 19.3. The fourth-order valence-corrected chi connectivity index (χ4v) is 9.88. The maximum atomic E-state index is 15.7. The molecule has 6 heterocycles. The molecule has 1 unspecified atom stereocenters. The van der Waals surface area contributed by atoms with Crippen LogP contribution < -0.4 is 35.4 Å². The number of likely N-dealkylation sites (tertiary alicyclic amines) is 1. The summed E-state index contributed by atoms with van der Waals surface area (Å²) >= 11 is 0. The predicted molar refractivity (Wildman–Crippen MR) is 235 cm³/mol. The topological polar surface area (TPSA) is 210 Å². The van der Waals surface area contributed by atoms with Crippen LogP contribution in [0.2, 0.25) is 0 Å². The molecule has 9 rings (SSSR count). The number of piperazine rings is 1. The number of nitrogens with zero attached hydrogens (tertiary/aromatic N) is 8. The first-order valence-electron chi connectivity index (χ1n) is 22.5. The maximum Gasteiger partial charge on any atom is 0.342 e. The van der Waals surface area contributed by atoms with Crippen molar-refractivity contribution >= 4 is 70.2 Å². The molecule has 4 fully saturated rings. The van der Waals surface area contributed by atoms with Gasteiger partial charge < -0.3 is 35.0 Å². The van der Waals surface area contributed by atoms with Gasteiger partial charge in [-0.1, -0.05) is 12.8 Å². The second-order valence-corrected chi connectivity index (χ2v) is 17.7. The number of fused-ring (bicyclic) bond motifs is 2. The Hall–Kier alpha value is -6.84. The molecule has 0 radical (unpaired) electrons. The Morgan fingerprint density at radius 1 is 0.940 bits per heavy atom. The number of benzene rings is 2. The molecule has 354 valence electrons. The van der Waals surface area contributed by atoms with Gasteiger partial charge in [0.25, 0.3) is 23.6 Å². The molecule has 0 bridgehead atoms. The normalized spacial score (nSPS) is 22.2. The predicted octanol–water partition coefficient (Wildman–Crippen LogP) is 2.67. The van der Waals surface area contributed by atoms with E-state index in [9.17, 15) is 33.6 Å². The highest BCUT2D eigenvalue weighted by molar-refractivity contribution is 6.23. The van der Waals surface area contributed by atoms with Gasteiger partial charge in [0.05, 0.1) is 42.2 Å². The van der Waals surface area contributed by atoms with Crippen LogP contribution in [0.1, 0.15) is 82.4 Å². The first-order valence-corrected chi connectivity index (χ1v) is 22.5. The third-order valence-electron chi connectivity index (χ3n) is 13.6. The average molecular weight is 930 g/mol. The summed E-state index contributed by atoms with van der Waals surface area (Å²) in [5.74, 6) is -8.74. The lowest BCUT2D eigenvalue weighted by atomic mass is 10.0. The molecule has 1 aromatic heterocycles. The number of halogens is 3. The first-order chi connectivity index (χ1) is 32.1. The number of rotatable bonds is 11. The molecule has 0 spiro atoms. The summed E-state index contributed by atoms with van der Waals surface area (Å²) < 4.78 is 51.3. The molecule has 6 aliphatic rings. The van der Waals surface area contributed by atoms with Crippen LogP contribution in [-0.2, 0) is 19.2 Å². The van der Waals surface area contributed by atoms with Crippen molar-refractivity contribution in [2.45, 2.75) is 75.4 Å². The van der Waals surface area contributed by atoms with E-state index in [1.165, 1.54) is 31.3 Å². The summed E-state index contributed by atoms with van der Waals surface area (Å²) in [6, 6.07) is 5.59. The second kappa shape index (κ2) is 18.1. The molecule has 67 heavy (non-hydrogen) atoms.